The monoisotopic (exact) mass is 397 g/mol. The molecule has 1 N–H and O–H groups in total. The van der Waals surface area contributed by atoms with Crippen LogP contribution in [0.4, 0.5) is 11.4 Å². The van der Waals surface area contributed by atoms with Gasteiger partial charge in [0.2, 0.25) is 11.8 Å². The number of nitrogens with one attached hydrogen (secondary N) is 1. The predicted molar refractivity (Wildman–Crippen MR) is 117 cm³/mol. The van der Waals surface area contributed by atoms with E-state index in [9.17, 15) is 9.59 Å². The lowest BCUT2D eigenvalue weighted by Gasteiger charge is -2.38. The van der Waals surface area contributed by atoms with Crippen molar-refractivity contribution < 1.29 is 9.59 Å². The minimum absolute atomic E-state index is 0.0674. The summed E-state index contributed by atoms with van der Waals surface area (Å²) in [6.07, 6.45) is 12.9. The fourth-order valence-electron chi connectivity index (χ4n) is 5.68. The first kappa shape index (κ1) is 20.4. The molecular formula is C24H35N3O2. The summed E-state index contributed by atoms with van der Waals surface area (Å²) in [7, 11) is 0. The van der Waals surface area contributed by atoms with Crippen LogP contribution in [0.15, 0.2) is 24.3 Å². The number of para-hydroxylation sites is 2. The lowest BCUT2D eigenvalue weighted by Crippen LogP contribution is -2.45. The van der Waals surface area contributed by atoms with Crippen LogP contribution in [0.5, 0.6) is 0 Å². The van der Waals surface area contributed by atoms with Crippen molar-refractivity contribution in [2.75, 3.05) is 16.8 Å². The molecule has 2 atom stereocenters. The summed E-state index contributed by atoms with van der Waals surface area (Å²) in [4.78, 5) is 29.5. The van der Waals surface area contributed by atoms with Gasteiger partial charge in [-0.3, -0.25) is 14.5 Å². The molecule has 1 aromatic rings. The topological polar surface area (TPSA) is 52.7 Å². The van der Waals surface area contributed by atoms with Crippen molar-refractivity contribution in [3.05, 3.63) is 24.3 Å². The third-order valence-electron chi connectivity index (χ3n) is 7.11. The maximum Gasteiger partial charge on any atom is 0.236 e. The van der Waals surface area contributed by atoms with Gasteiger partial charge in [-0.25, -0.2) is 0 Å². The molecule has 1 saturated heterocycles. The van der Waals surface area contributed by atoms with Crippen LogP contribution in [0.3, 0.4) is 0 Å². The van der Waals surface area contributed by atoms with Gasteiger partial charge in [0.25, 0.3) is 0 Å². The molecule has 1 aromatic carbocycles. The van der Waals surface area contributed by atoms with Crippen LogP contribution in [-0.2, 0) is 9.59 Å². The standard InChI is InChI=1S/C24H35N3O2/c1-18-13-14-20(27(18)19-9-5-3-2-4-6-10-19)15-16-26-22-12-8-7-11-21(22)25-23(28)17-24(26)29/h7-8,11-12,18-20H,2-6,9-10,13-17H2,1H3,(H,25,28)/t18?,20-/m0/s1. The summed E-state index contributed by atoms with van der Waals surface area (Å²) in [5.41, 5.74) is 1.59. The molecular weight excluding hydrogens is 362 g/mol. The van der Waals surface area contributed by atoms with Gasteiger partial charge in [-0.1, -0.05) is 44.2 Å². The van der Waals surface area contributed by atoms with E-state index in [1.165, 1.54) is 57.8 Å². The number of carbonyl (C=O) groups is 2. The van der Waals surface area contributed by atoms with E-state index in [0.717, 1.165) is 17.8 Å². The minimum Gasteiger partial charge on any atom is -0.324 e. The van der Waals surface area contributed by atoms with Crippen LogP contribution in [0, 0.1) is 0 Å². The molecule has 1 unspecified atom stereocenters. The Bertz CT molecular complexity index is 727. The summed E-state index contributed by atoms with van der Waals surface area (Å²) >= 11 is 0. The first-order valence-corrected chi connectivity index (χ1v) is 11.6. The van der Waals surface area contributed by atoms with Crippen LogP contribution in [0.1, 0.15) is 77.6 Å². The van der Waals surface area contributed by atoms with Crippen molar-refractivity contribution >= 4 is 23.2 Å². The number of carbonyl (C=O) groups excluding carboxylic acids is 2. The SMILES string of the molecule is CC1CC[C@@H](CCN2C(=O)CC(=O)Nc3ccccc32)N1C1CCCCCCC1. The Hall–Kier alpha value is -1.88. The van der Waals surface area contributed by atoms with E-state index in [0.29, 0.717) is 24.7 Å². The molecule has 2 fully saturated rings. The number of likely N-dealkylation sites (tertiary alicyclic amines) is 1. The van der Waals surface area contributed by atoms with Gasteiger partial charge in [-0.2, -0.15) is 0 Å². The van der Waals surface area contributed by atoms with Crippen molar-refractivity contribution in [2.45, 2.75) is 95.7 Å². The second-order valence-corrected chi connectivity index (χ2v) is 9.10. The second kappa shape index (κ2) is 9.29. The molecule has 0 spiro atoms. The Morgan fingerprint density at radius 2 is 1.69 bits per heavy atom. The Kier molecular flexibility index (Phi) is 6.53. The van der Waals surface area contributed by atoms with E-state index >= 15 is 0 Å². The van der Waals surface area contributed by atoms with Gasteiger partial charge in [-0.05, 0) is 51.2 Å². The number of rotatable bonds is 4. The molecule has 2 aliphatic heterocycles. The Morgan fingerprint density at radius 1 is 0.966 bits per heavy atom. The van der Waals surface area contributed by atoms with E-state index in [4.69, 9.17) is 0 Å². The van der Waals surface area contributed by atoms with Crippen molar-refractivity contribution in [3.8, 4) is 0 Å². The van der Waals surface area contributed by atoms with E-state index in [-0.39, 0.29) is 18.2 Å². The van der Waals surface area contributed by atoms with Gasteiger partial charge in [0.1, 0.15) is 6.42 Å². The highest BCUT2D eigenvalue weighted by Crippen LogP contribution is 2.35. The summed E-state index contributed by atoms with van der Waals surface area (Å²) in [5.74, 6) is -0.299. The zero-order valence-corrected chi connectivity index (χ0v) is 17.7. The van der Waals surface area contributed by atoms with Crippen LogP contribution in [0.25, 0.3) is 0 Å². The fraction of sp³-hybridized carbons (Fsp3) is 0.667. The number of anilines is 2. The van der Waals surface area contributed by atoms with Crippen molar-refractivity contribution in [1.29, 1.82) is 0 Å². The lowest BCUT2D eigenvalue weighted by atomic mass is 9.94. The molecule has 4 rings (SSSR count). The molecule has 3 aliphatic rings. The zero-order valence-electron chi connectivity index (χ0n) is 17.7. The largest absolute Gasteiger partial charge is 0.324 e. The first-order chi connectivity index (χ1) is 14.1. The zero-order chi connectivity index (χ0) is 20.2. The van der Waals surface area contributed by atoms with Crippen LogP contribution in [0.2, 0.25) is 0 Å². The van der Waals surface area contributed by atoms with E-state index in [1.807, 2.05) is 29.2 Å². The molecule has 29 heavy (non-hydrogen) atoms. The summed E-state index contributed by atoms with van der Waals surface area (Å²) in [6.45, 7) is 3.07. The summed E-state index contributed by atoms with van der Waals surface area (Å²) in [6, 6.07) is 9.56. The van der Waals surface area contributed by atoms with E-state index in [2.05, 4.69) is 17.1 Å². The minimum atomic E-state index is -0.212. The third-order valence-corrected chi connectivity index (χ3v) is 7.11. The average Bonchev–Trinajstić information content (AvgIpc) is 2.97. The highest BCUT2D eigenvalue weighted by atomic mass is 16.2. The van der Waals surface area contributed by atoms with Gasteiger partial charge < -0.3 is 10.2 Å². The number of fused-ring (bicyclic) bond motifs is 1. The van der Waals surface area contributed by atoms with Gasteiger partial charge >= 0.3 is 0 Å². The van der Waals surface area contributed by atoms with Crippen LogP contribution >= 0.6 is 0 Å². The number of hydrogen-bond acceptors (Lipinski definition) is 3. The molecule has 0 aromatic heterocycles. The predicted octanol–water partition coefficient (Wildman–Crippen LogP) is 4.72. The summed E-state index contributed by atoms with van der Waals surface area (Å²) < 4.78 is 0. The molecule has 5 heteroatoms. The Labute approximate surface area is 174 Å². The Morgan fingerprint density at radius 3 is 2.48 bits per heavy atom. The van der Waals surface area contributed by atoms with E-state index < -0.39 is 0 Å². The second-order valence-electron chi connectivity index (χ2n) is 9.10. The highest BCUT2D eigenvalue weighted by molar-refractivity contribution is 6.14. The molecule has 0 bridgehead atoms. The van der Waals surface area contributed by atoms with Gasteiger partial charge in [-0.15, -0.1) is 0 Å². The quantitative estimate of drug-likeness (QED) is 0.748. The lowest BCUT2D eigenvalue weighted by molar-refractivity contribution is -0.125. The molecule has 0 radical (unpaired) electrons. The number of hydrogen-bond donors (Lipinski definition) is 1. The molecule has 1 saturated carbocycles. The van der Waals surface area contributed by atoms with Crippen molar-refractivity contribution in [1.82, 2.24) is 4.90 Å². The fourth-order valence-corrected chi connectivity index (χ4v) is 5.68. The molecule has 158 valence electrons. The van der Waals surface area contributed by atoms with Crippen LogP contribution in [-0.4, -0.2) is 41.4 Å². The van der Waals surface area contributed by atoms with Gasteiger partial charge in [0.05, 0.1) is 11.4 Å². The number of nitrogens with zero attached hydrogens (tertiary/aromatic N) is 2. The molecule has 2 amide bonds. The Balaban J connectivity index is 1.47. The summed E-state index contributed by atoms with van der Waals surface area (Å²) in [5, 5.41) is 2.88. The molecule has 1 aliphatic carbocycles. The molecule has 2 heterocycles. The van der Waals surface area contributed by atoms with Crippen molar-refractivity contribution in [3.63, 3.8) is 0 Å². The van der Waals surface area contributed by atoms with Crippen molar-refractivity contribution in [2.24, 2.45) is 0 Å². The maximum absolute atomic E-state index is 12.8. The normalized spacial score (nSPS) is 27.1. The smallest absolute Gasteiger partial charge is 0.236 e. The highest BCUT2D eigenvalue weighted by Gasteiger charge is 2.36. The number of benzene rings is 1. The molecule has 5 nitrogen and oxygen atoms in total. The first-order valence-electron chi connectivity index (χ1n) is 11.6. The maximum atomic E-state index is 12.8. The van der Waals surface area contributed by atoms with Gasteiger partial charge in [0.15, 0.2) is 0 Å². The van der Waals surface area contributed by atoms with Gasteiger partial charge in [0, 0.05) is 24.7 Å². The third kappa shape index (κ3) is 4.66. The van der Waals surface area contributed by atoms with Crippen LogP contribution < -0.4 is 10.2 Å². The average molecular weight is 398 g/mol. The number of amides is 2. The van der Waals surface area contributed by atoms with E-state index in [1.54, 1.807) is 0 Å².